The highest BCUT2D eigenvalue weighted by Gasteiger charge is 2.54. The van der Waals surface area contributed by atoms with Crippen LogP contribution in [0.25, 0.3) is 0 Å². The number of carbonyl (C=O) groups is 1. The summed E-state index contributed by atoms with van der Waals surface area (Å²) in [5, 5.41) is 14.2. The maximum Gasteiger partial charge on any atom is 0.243 e. The molecule has 0 saturated heterocycles. The topological polar surface area (TPSA) is 64.9 Å². The van der Waals surface area contributed by atoms with Crippen molar-refractivity contribution in [2.75, 3.05) is 18.0 Å². The molecule has 1 amide bonds. The number of hydrogen-bond donors (Lipinski definition) is 2. The molecule has 0 bridgehead atoms. The van der Waals surface area contributed by atoms with Gasteiger partial charge >= 0.3 is 0 Å². The normalized spacial score (nSPS) is 25.3. The molecule has 1 aromatic carbocycles. The third-order valence-corrected chi connectivity index (χ3v) is 5.48. The zero-order valence-electron chi connectivity index (χ0n) is 14.5. The van der Waals surface area contributed by atoms with Crippen molar-refractivity contribution in [1.29, 1.82) is 0 Å². The first kappa shape index (κ1) is 16.8. The zero-order chi connectivity index (χ0) is 17.1. The Morgan fingerprint density at radius 3 is 2.54 bits per heavy atom. The number of nitrogens with zero attached hydrogens (tertiary/aromatic N) is 2. The van der Waals surface area contributed by atoms with Crippen molar-refractivity contribution in [3.63, 3.8) is 0 Å². The van der Waals surface area contributed by atoms with Gasteiger partial charge in [0, 0.05) is 36.3 Å². The Morgan fingerprint density at radius 1 is 1.29 bits per heavy atom. The van der Waals surface area contributed by atoms with Gasteiger partial charge in [0.05, 0.1) is 6.21 Å². The van der Waals surface area contributed by atoms with Gasteiger partial charge in [-0.05, 0) is 50.7 Å². The molecule has 2 aliphatic rings. The maximum atomic E-state index is 12.2. The first-order valence-electron chi connectivity index (χ1n) is 9.06. The Kier molecular flexibility index (Phi) is 5.07. The van der Waals surface area contributed by atoms with E-state index in [-0.39, 0.29) is 17.6 Å². The van der Waals surface area contributed by atoms with Crippen LogP contribution in [-0.2, 0) is 4.79 Å². The minimum Gasteiger partial charge on any atom is -0.507 e. The second-order valence-corrected chi connectivity index (χ2v) is 6.79. The molecule has 3 rings (SSSR count). The van der Waals surface area contributed by atoms with Gasteiger partial charge in [-0.1, -0.05) is 12.8 Å². The summed E-state index contributed by atoms with van der Waals surface area (Å²) in [6, 6.07) is 5.53. The summed E-state index contributed by atoms with van der Waals surface area (Å²) in [6.07, 6.45) is 6.38. The molecule has 5 heteroatoms. The van der Waals surface area contributed by atoms with Crippen LogP contribution in [0, 0.1) is 17.8 Å². The predicted octanol–water partition coefficient (Wildman–Crippen LogP) is 3.12. The summed E-state index contributed by atoms with van der Waals surface area (Å²) in [4.78, 5) is 14.3. The van der Waals surface area contributed by atoms with E-state index < -0.39 is 0 Å². The summed E-state index contributed by atoms with van der Waals surface area (Å²) < 4.78 is 0. The van der Waals surface area contributed by atoms with Crippen molar-refractivity contribution in [2.45, 2.75) is 39.5 Å². The van der Waals surface area contributed by atoms with Crippen LogP contribution in [0.15, 0.2) is 23.3 Å². The van der Waals surface area contributed by atoms with Gasteiger partial charge < -0.3 is 10.0 Å². The monoisotopic (exact) mass is 329 g/mol. The van der Waals surface area contributed by atoms with Gasteiger partial charge in [0.15, 0.2) is 0 Å². The summed E-state index contributed by atoms with van der Waals surface area (Å²) in [5.41, 5.74) is 4.24. The predicted molar refractivity (Wildman–Crippen MR) is 96.3 cm³/mol. The number of hydrogen-bond acceptors (Lipinski definition) is 4. The average molecular weight is 329 g/mol. The van der Waals surface area contributed by atoms with E-state index in [0.717, 1.165) is 18.8 Å². The average Bonchev–Trinajstić information content (AvgIpc) is 3.32. The highest BCUT2D eigenvalue weighted by atomic mass is 16.3. The van der Waals surface area contributed by atoms with Gasteiger partial charge in [0.25, 0.3) is 0 Å². The Bertz CT molecular complexity index is 613. The Hall–Kier alpha value is -2.04. The molecule has 1 aromatic rings. The van der Waals surface area contributed by atoms with Crippen molar-refractivity contribution in [2.24, 2.45) is 22.9 Å². The van der Waals surface area contributed by atoms with Crippen LogP contribution in [0.1, 0.15) is 45.1 Å². The third-order valence-electron chi connectivity index (χ3n) is 5.48. The summed E-state index contributed by atoms with van der Waals surface area (Å²) in [7, 11) is 0. The smallest absolute Gasteiger partial charge is 0.243 e. The number of phenols is 1. The van der Waals surface area contributed by atoms with Crippen LogP contribution in [0.4, 0.5) is 5.69 Å². The van der Waals surface area contributed by atoms with Gasteiger partial charge in [-0.15, -0.1) is 0 Å². The van der Waals surface area contributed by atoms with Crippen LogP contribution in [0.5, 0.6) is 5.75 Å². The van der Waals surface area contributed by atoms with Crippen LogP contribution < -0.4 is 10.3 Å². The van der Waals surface area contributed by atoms with Crippen LogP contribution in [-0.4, -0.2) is 30.3 Å². The SMILES string of the molecule is CCN(CC)c1ccc(/C=N\NC(=O)C2[C@@H]3CCCC[C@@H]23)c(O)c1. The number of aromatic hydroxyl groups is 1. The number of amides is 1. The fourth-order valence-corrected chi connectivity index (χ4v) is 4.05. The molecule has 0 aromatic heterocycles. The molecule has 2 saturated carbocycles. The molecule has 2 aliphatic carbocycles. The van der Waals surface area contributed by atoms with Gasteiger partial charge in [-0.3, -0.25) is 4.79 Å². The Labute approximate surface area is 143 Å². The second-order valence-electron chi connectivity index (χ2n) is 6.79. The number of hydrazone groups is 1. The summed E-state index contributed by atoms with van der Waals surface area (Å²) >= 11 is 0. The molecule has 0 aliphatic heterocycles. The largest absolute Gasteiger partial charge is 0.507 e. The van der Waals surface area contributed by atoms with Crippen molar-refractivity contribution in [3.05, 3.63) is 23.8 Å². The Balaban J connectivity index is 1.57. The number of rotatable bonds is 6. The van der Waals surface area contributed by atoms with E-state index in [0.29, 0.717) is 17.4 Å². The molecule has 0 heterocycles. The maximum absolute atomic E-state index is 12.2. The molecule has 24 heavy (non-hydrogen) atoms. The Morgan fingerprint density at radius 2 is 1.96 bits per heavy atom. The first-order chi connectivity index (χ1) is 11.7. The molecule has 130 valence electrons. The molecule has 2 atom stereocenters. The lowest BCUT2D eigenvalue weighted by molar-refractivity contribution is -0.122. The molecule has 2 fully saturated rings. The molecule has 0 radical (unpaired) electrons. The minimum absolute atomic E-state index is 0.0300. The van der Waals surface area contributed by atoms with Crippen LogP contribution >= 0.6 is 0 Å². The number of benzene rings is 1. The standard InChI is InChI=1S/C19H27N3O2/c1-3-22(4-2)14-10-9-13(17(23)11-14)12-20-21-19(24)18-15-7-5-6-8-16(15)18/h9-12,15-16,18,23H,3-8H2,1-2H3,(H,21,24)/b20-12-/t15-,16-/m1/s1. The van der Waals surface area contributed by atoms with E-state index in [1.54, 1.807) is 6.07 Å². The number of phenolic OH excluding ortho intramolecular Hbond substituents is 1. The van der Waals surface area contributed by atoms with Crippen LogP contribution in [0.3, 0.4) is 0 Å². The molecular weight excluding hydrogens is 302 g/mol. The quantitative estimate of drug-likeness (QED) is 0.622. The van der Waals surface area contributed by atoms with E-state index in [1.165, 1.54) is 31.9 Å². The lowest BCUT2D eigenvalue weighted by Gasteiger charge is -2.21. The molecular formula is C19H27N3O2. The van der Waals surface area contributed by atoms with Gasteiger partial charge in [0.1, 0.15) is 5.75 Å². The highest BCUT2D eigenvalue weighted by Crippen LogP contribution is 2.55. The number of fused-ring (bicyclic) bond motifs is 1. The van der Waals surface area contributed by atoms with E-state index >= 15 is 0 Å². The van der Waals surface area contributed by atoms with Gasteiger partial charge in [-0.2, -0.15) is 5.10 Å². The van der Waals surface area contributed by atoms with E-state index in [9.17, 15) is 9.90 Å². The van der Waals surface area contributed by atoms with Crippen molar-refractivity contribution < 1.29 is 9.90 Å². The van der Waals surface area contributed by atoms with E-state index in [2.05, 4.69) is 29.3 Å². The first-order valence-corrected chi connectivity index (χ1v) is 9.06. The van der Waals surface area contributed by atoms with Gasteiger partial charge in [0.2, 0.25) is 5.91 Å². The lowest BCUT2D eigenvalue weighted by atomic mass is 10.0. The summed E-state index contributed by atoms with van der Waals surface area (Å²) in [6.45, 7) is 5.95. The number of anilines is 1. The molecule has 0 spiro atoms. The zero-order valence-corrected chi connectivity index (χ0v) is 14.5. The fraction of sp³-hybridized carbons (Fsp3) is 0.579. The third kappa shape index (κ3) is 3.40. The van der Waals surface area contributed by atoms with Crippen LogP contribution in [0.2, 0.25) is 0 Å². The lowest BCUT2D eigenvalue weighted by Crippen LogP contribution is -2.21. The molecule has 0 unspecified atom stereocenters. The van der Waals surface area contributed by atoms with Crippen molar-refractivity contribution in [3.8, 4) is 5.75 Å². The number of nitrogens with one attached hydrogen (secondary N) is 1. The molecule has 5 nitrogen and oxygen atoms in total. The van der Waals surface area contributed by atoms with Gasteiger partial charge in [-0.25, -0.2) is 5.43 Å². The fourth-order valence-electron chi connectivity index (χ4n) is 4.05. The van der Waals surface area contributed by atoms with E-state index in [4.69, 9.17) is 0 Å². The summed E-state index contributed by atoms with van der Waals surface area (Å²) in [5.74, 6) is 1.52. The molecule has 2 N–H and O–H groups in total. The minimum atomic E-state index is 0.0300. The number of carbonyl (C=O) groups excluding carboxylic acids is 1. The van der Waals surface area contributed by atoms with Crippen molar-refractivity contribution >= 4 is 17.8 Å². The van der Waals surface area contributed by atoms with E-state index in [1.807, 2.05) is 12.1 Å². The highest BCUT2D eigenvalue weighted by molar-refractivity contribution is 5.87. The second kappa shape index (κ2) is 7.24. The van der Waals surface area contributed by atoms with Crippen molar-refractivity contribution in [1.82, 2.24) is 5.43 Å².